The zero-order valence-electron chi connectivity index (χ0n) is 16.0. The molecule has 1 atom stereocenters. The number of thiocarbonyl (C=S) groups is 1. The second-order valence-corrected chi connectivity index (χ2v) is 8.36. The summed E-state index contributed by atoms with van der Waals surface area (Å²) in [6.07, 6.45) is 2.91. The van der Waals surface area contributed by atoms with Gasteiger partial charge >= 0.3 is 0 Å². The molecule has 1 heterocycles. The van der Waals surface area contributed by atoms with Crippen LogP contribution in [0.3, 0.4) is 0 Å². The molecule has 1 saturated heterocycles. The Morgan fingerprint density at radius 3 is 2.67 bits per heavy atom. The fourth-order valence-corrected chi connectivity index (χ4v) is 4.16. The van der Waals surface area contributed by atoms with Gasteiger partial charge in [0.15, 0.2) is 4.32 Å². The van der Waals surface area contributed by atoms with Crippen LogP contribution in [0.25, 0.3) is 6.08 Å². The second kappa shape index (κ2) is 8.28. The number of aryl methyl sites for hydroxylation is 2. The third kappa shape index (κ3) is 4.25. The first kappa shape index (κ1) is 19.6. The van der Waals surface area contributed by atoms with Gasteiger partial charge in [-0.3, -0.25) is 9.69 Å². The van der Waals surface area contributed by atoms with Gasteiger partial charge < -0.3 is 4.74 Å². The van der Waals surface area contributed by atoms with Crippen LogP contribution in [0, 0.1) is 13.8 Å². The maximum atomic E-state index is 13.1. The van der Waals surface area contributed by atoms with Crippen LogP contribution < -0.4 is 9.64 Å². The lowest BCUT2D eigenvalue weighted by molar-refractivity contribution is -0.113. The minimum atomic E-state index is -0.0877. The molecule has 3 rings (SSSR count). The molecular weight excluding hydrogens is 374 g/mol. The molecule has 2 aromatic carbocycles. The average molecular weight is 398 g/mol. The van der Waals surface area contributed by atoms with Crippen molar-refractivity contribution < 1.29 is 9.53 Å². The van der Waals surface area contributed by atoms with Crippen molar-refractivity contribution in [2.75, 3.05) is 4.90 Å². The van der Waals surface area contributed by atoms with Gasteiger partial charge in [0.25, 0.3) is 5.91 Å². The Morgan fingerprint density at radius 2 is 1.96 bits per heavy atom. The van der Waals surface area contributed by atoms with Crippen molar-refractivity contribution in [3.63, 3.8) is 0 Å². The predicted octanol–water partition coefficient (Wildman–Crippen LogP) is 5.89. The number of nitrogens with zero attached hydrogens (tertiary/aromatic N) is 1. The number of hydrogen-bond acceptors (Lipinski definition) is 4. The second-order valence-electron chi connectivity index (χ2n) is 6.68. The van der Waals surface area contributed by atoms with Crippen molar-refractivity contribution in [2.45, 2.75) is 40.2 Å². The molecule has 1 amide bonds. The monoisotopic (exact) mass is 397 g/mol. The van der Waals surface area contributed by atoms with E-state index in [1.54, 1.807) is 4.90 Å². The summed E-state index contributed by atoms with van der Waals surface area (Å²) >= 11 is 6.83. The van der Waals surface area contributed by atoms with Crippen LogP contribution >= 0.6 is 24.0 Å². The maximum absolute atomic E-state index is 13.1. The Balaban J connectivity index is 1.93. The fourth-order valence-electron chi connectivity index (χ4n) is 2.88. The van der Waals surface area contributed by atoms with Gasteiger partial charge in [-0.2, -0.15) is 0 Å². The molecule has 3 nitrogen and oxygen atoms in total. The van der Waals surface area contributed by atoms with Crippen molar-refractivity contribution in [3.05, 3.63) is 64.1 Å². The fraction of sp³-hybridized carbons (Fsp3) is 0.273. The summed E-state index contributed by atoms with van der Waals surface area (Å²) in [7, 11) is 0. The van der Waals surface area contributed by atoms with E-state index in [-0.39, 0.29) is 12.0 Å². The lowest BCUT2D eigenvalue weighted by Crippen LogP contribution is -2.28. The molecule has 0 saturated carbocycles. The van der Waals surface area contributed by atoms with E-state index in [1.165, 1.54) is 11.8 Å². The summed E-state index contributed by atoms with van der Waals surface area (Å²) < 4.78 is 6.55. The number of para-hydroxylation sites is 1. The third-order valence-electron chi connectivity index (χ3n) is 4.50. The van der Waals surface area contributed by atoms with Crippen LogP contribution in [0.15, 0.2) is 47.4 Å². The van der Waals surface area contributed by atoms with E-state index in [2.05, 4.69) is 13.0 Å². The van der Waals surface area contributed by atoms with Crippen molar-refractivity contribution in [3.8, 4) is 5.75 Å². The van der Waals surface area contributed by atoms with Crippen LogP contribution in [0.5, 0.6) is 5.75 Å². The van der Waals surface area contributed by atoms with Gasteiger partial charge in [-0.25, -0.2) is 0 Å². The van der Waals surface area contributed by atoms with Crippen molar-refractivity contribution in [1.29, 1.82) is 0 Å². The topological polar surface area (TPSA) is 29.5 Å². The molecule has 0 radical (unpaired) electrons. The minimum absolute atomic E-state index is 0.0877. The highest BCUT2D eigenvalue weighted by molar-refractivity contribution is 8.27. The van der Waals surface area contributed by atoms with Crippen LogP contribution in [-0.2, 0) is 4.79 Å². The number of carbonyl (C=O) groups excluding carboxylic acids is 1. The first-order chi connectivity index (χ1) is 12.9. The van der Waals surface area contributed by atoms with E-state index in [4.69, 9.17) is 17.0 Å². The molecule has 0 aliphatic carbocycles. The number of ether oxygens (including phenoxy) is 1. The van der Waals surface area contributed by atoms with E-state index in [1.807, 2.05) is 63.2 Å². The van der Waals surface area contributed by atoms with Gasteiger partial charge in [0, 0.05) is 5.56 Å². The molecule has 0 unspecified atom stereocenters. The number of benzene rings is 2. The van der Waals surface area contributed by atoms with E-state index in [0.717, 1.165) is 34.5 Å². The molecule has 1 fully saturated rings. The number of anilines is 1. The summed E-state index contributed by atoms with van der Waals surface area (Å²) in [6.45, 7) is 8.16. The Morgan fingerprint density at radius 1 is 1.22 bits per heavy atom. The first-order valence-electron chi connectivity index (χ1n) is 9.01. The van der Waals surface area contributed by atoms with Gasteiger partial charge in [-0.05, 0) is 51.0 Å². The highest BCUT2D eigenvalue weighted by Crippen LogP contribution is 2.38. The van der Waals surface area contributed by atoms with Crippen LogP contribution in [-0.4, -0.2) is 16.3 Å². The molecule has 0 aromatic heterocycles. The van der Waals surface area contributed by atoms with E-state index in [0.29, 0.717) is 9.23 Å². The molecule has 0 bridgehead atoms. The Labute approximate surface area is 170 Å². The van der Waals surface area contributed by atoms with E-state index >= 15 is 0 Å². The summed E-state index contributed by atoms with van der Waals surface area (Å²) in [5, 5.41) is 0. The van der Waals surface area contributed by atoms with E-state index < -0.39 is 0 Å². The zero-order chi connectivity index (χ0) is 19.6. The predicted molar refractivity (Wildman–Crippen MR) is 118 cm³/mol. The molecule has 140 valence electrons. The van der Waals surface area contributed by atoms with Gasteiger partial charge in [-0.1, -0.05) is 66.8 Å². The van der Waals surface area contributed by atoms with Crippen LogP contribution in [0.4, 0.5) is 5.69 Å². The average Bonchev–Trinajstić information content (AvgIpc) is 2.90. The molecule has 1 aliphatic rings. The SMILES string of the molecule is CC[C@H](C)Oc1ccccc1/C=C1\SC(=S)N(c2ccc(C)cc2C)C1=O. The summed E-state index contributed by atoms with van der Waals surface area (Å²) in [5.41, 5.74) is 3.93. The highest BCUT2D eigenvalue weighted by atomic mass is 32.2. The quantitative estimate of drug-likeness (QED) is 0.465. The molecule has 5 heteroatoms. The largest absolute Gasteiger partial charge is 0.490 e. The number of amides is 1. The molecule has 27 heavy (non-hydrogen) atoms. The van der Waals surface area contributed by atoms with E-state index in [9.17, 15) is 4.79 Å². The Kier molecular flexibility index (Phi) is 6.02. The zero-order valence-corrected chi connectivity index (χ0v) is 17.6. The van der Waals surface area contributed by atoms with Crippen molar-refractivity contribution in [1.82, 2.24) is 0 Å². The van der Waals surface area contributed by atoms with Crippen LogP contribution in [0.2, 0.25) is 0 Å². The van der Waals surface area contributed by atoms with Gasteiger partial charge in [0.1, 0.15) is 5.75 Å². The summed E-state index contributed by atoms with van der Waals surface area (Å²) in [6, 6.07) is 13.8. The minimum Gasteiger partial charge on any atom is -0.490 e. The molecule has 1 aliphatic heterocycles. The standard InChI is InChI=1S/C22H23NO2S2/c1-5-16(4)25-19-9-7-6-8-17(19)13-20-21(24)23(22(26)27-20)18-11-10-14(2)12-15(18)3/h6-13,16H,5H2,1-4H3/b20-13-/t16-/m0/s1. The number of rotatable bonds is 5. The smallest absolute Gasteiger partial charge is 0.270 e. The lowest BCUT2D eigenvalue weighted by atomic mass is 10.1. The third-order valence-corrected chi connectivity index (χ3v) is 5.80. The Hall–Kier alpha value is -2.11. The molecular formula is C22H23NO2S2. The van der Waals surface area contributed by atoms with Gasteiger partial charge in [0.2, 0.25) is 0 Å². The van der Waals surface area contributed by atoms with Gasteiger partial charge in [-0.15, -0.1) is 0 Å². The normalized spacial score (nSPS) is 16.9. The van der Waals surface area contributed by atoms with Crippen LogP contribution in [0.1, 0.15) is 37.0 Å². The number of hydrogen-bond donors (Lipinski definition) is 0. The van der Waals surface area contributed by atoms with Crippen molar-refractivity contribution >= 4 is 46.0 Å². The van der Waals surface area contributed by atoms with Crippen molar-refractivity contribution in [2.24, 2.45) is 0 Å². The molecule has 2 aromatic rings. The Bertz CT molecular complexity index is 920. The number of thioether (sulfide) groups is 1. The summed E-state index contributed by atoms with van der Waals surface area (Å²) in [5.74, 6) is 0.693. The summed E-state index contributed by atoms with van der Waals surface area (Å²) in [4.78, 5) is 15.3. The van der Waals surface area contributed by atoms with Gasteiger partial charge in [0.05, 0.1) is 16.7 Å². The molecule has 0 N–H and O–H groups in total. The lowest BCUT2D eigenvalue weighted by Gasteiger charge is -2.17. The molecule has 0 spiro atoms. The first-order valence-corrected chi connectivity index (χ1v) is 10.2. The number of carbonyl (C=O) groups is 1. The maximum Gasteiger partial charge on any atom is 0.270 e. The highest BCUT2D eigenvalue weighted by Gasteiger charge is 2.34.